The molecule has 7 rings (SSSR count). The number of halogens is 1. The second-order valence-corrected chi connectivity index (χ2v) is 25.5. The number of rotatable bonds is 27. The van der Waals surface area contributed by atoms with Crippen LogP contribution in [-0.2, 0) is 81.5 Å². The second kappa shape index (κ2) is 36.1. The third kappa shape index (κ3) is 20.7. The number of carbonyl (C=O) groups excluding carboxylic acids is 7. The number of hydrogen-bond donors (Lipinski definition) is 6. The molecule has 4 heterocycles. The Hall–Kier alpha value is -7.66. The van der Waals surface area contributed by atoms with Gasteiger partial charge in [-0.25, -0.2) is 9.59 Å². The molecule has 3 aromatic carbocycles. The number of H-pyrrole nitrogens is 1. The van der Waals surface area contributed by atoms with Crippen molar-refractivity contribution in [3.8, 4) is 22.5 Å². The number of para-hydroxylation sites is 1. The van der Waals surface area contributed by atoms with Crippen LogP contribution in [0.25, 0.3) is 22.5 Å². The molecule has 0 unspecified atom stereocenters. The molecule has 6 N–H and O–H groups in total. The van der Waals surface area contributed by atoms with Crippen LogP contribution in [0.5, 0.6) is 0 Å². The molecule has 0 spiro atoms. The van der Waals surface area contributed by atoms with E-state index in [1.165, 1.54) is 42.8 Å². The SMILES string of the molecule is CO[C@@H]1/C=C/C=C(/C)Cc2cc(CO)c(Cl)c(c2)N(C)C(=O)C[C@H](OC(=O)[C@H](C)N(C)C(=O)CCCC(=O)N(C)CCOCCOCCOCCOCCC(=O)NCCC(=O)N2Cc3ccccc3-c3n[nH]nc3-c3ccccc32)C(C)(C)[C@@H](O)[C@H](C)[C@@H]2C[C@](O)(C1)NC(=O)O2. The number of esters is 1. The van der Waals surface area contributed by atoms with Crippen LogP contribution >= 0.6 is 11.6 Å². The van der Waals surface area contributed by atoms with Crippen LogP contribution in [0.1, 0.15) is 103 Å². The van der Waals surface area contributed by atoms with Gasteiger partial charge in [-0.05, 0) is 55.5 Å². The molecule has 26 nitrogen and oxygen atoms in total. The Morgan fingerprint density at radius 3 is 2.18 bits per heavy atom. The van der Waals surface area contributed by atoms with Gasteiger partial charge in [0, 0.05) is 102 Å². The first-order valence-corrected chi connectivity index (χ1v) is 32.8. The molecule has 0 aliphatic carbocycles. The Morgan fingerprint density at radius 2 is 1.49 bits per heavy atom. The Labute approximate surface area is 565 Å². The number of likely N-dealkylation sites (N-methyl/N-ethyl adjacent to an activating group) is 2. The van der Waals surface area contributed by atoms with E-state index in [9.17, 15) is 48.9 Å². The van der Waals surface area contributed by atoms with Crippen molar-refractivity contribution < 1.29 is 82.0 Å². The van der Waals surface area contributed by atoms with Crippen molar-refractivity contribution in [2.45, 2.75) is 142 Å². The number of anilines is 2. The summed E-state index contributed by atoms with van der Waals surface area (Å²) in [4.78, 5) is 100. The molecular formula is C69H94ClN9O17. The maximum absolute atomic E-state index is 14.5. The minimum Gasteiger partial charge on any atom is -0.460 e. The van der Waals surface area contributed by atoms with Crippen LogP contribution < -0.4 is 20.4 Å². The van der Waals surface area contributed by atoms with Gasteiger partial charge >= 0.3 is 12.1 Å². The summed E-state index contributed by atoms with van der Waals surface area (Å²) in [6, 6.07) is 17.6. The fraction of sp³-hybridized carbons (Fsp3) is 0.551. The van der Waals surface area contributed by atoms with Crippen molar-refractivity contribution in [1.82, 2.24) is 35.8 Å². The number of allylic oxidation sites excluding steroid dienone is 3. The average Bonchev–Trinajstić information content (AvgIpc) is 1.37. The molecule has 3 aliphatic rings. The van der Waals surface area contributed by atoms with Crippen LogP contribution in [0.2, 0.25) is 5.02 Å². The Balaban J connectivity index is 0.780. The number of methoxy groups -OCH3 is 1. The molecule has 7 atom stereocenters. The minimum absolute atomic E-state index is 0.0424. The molecule has 0 saturated carbocycles. The van der Waals surface area contributed by atoms with Gasteiger partial charge in [0.05, 0.1) is 101 Å². The first-order chi connectivity index (χ1) is 45.9. The summed E-state index contributed by atoms with van der Waals surface area (Å²) in [5.74, 6) is -3.40. The summed E-state index contributed by atoms with van der Waals surface area (Å²) in [6.07, 6.45) is -0.00572. The first kappa shape index (κ1) is 75.7. The molecule has 4 aromatic rings. The van der Waals surface area contributed by atoms with Gasteiger partial charge in [0.1, 0.15) is 35.4 Å². The largest absolute Gasteiger partial charge is 0.460 e. The van der Waals surface area contributed by atoms with Crippen molar-refractivity contribution in [2.75, 3.05) is 104 Å². The monoisotopic (exact) mass is 1360 g/mol. The van der Waals surface area contributed by atoms with Crippen molar-refractivity contribution in [3.63, 3.8) is 0 Å². The van der Waals surface area contributed by atoms with Crippen molar-refractivity contribution in [3.05, 3.63) is 106 Å². The van der Waals surface area contributed by atoms with Crippen LogP contribution in [0.15, 0.2) is 84.5 Å². The summed E-state index contributed by atoms with van der Waals surface area (Å²) in [7, 11) is 6.03. The molecule has 1 aromatic heterocycles. The summed E-state index contributed by atoms with van der Waals surface area (Å²) >= 11 is 6.81. The number of benzene rings is 3. The number of nitrogens with zero attached hydrogens (tertiary/aromatic N) is 6. The smallest absolute Gasteiger partial charge is 0.409 e. The lowest BCUT2D eigenvalue weighted by molar-refractivity contribution is -0.175. The molecule has 6 amide bonds. The highest BCUT2D eigenvalue weighted by atomic mass is 35.5. The molecule has 96 heavy (non-hydrogen) atoms. The zero-order valence-corrected chi connectivity index (χ0v) is 57.2. The predicted octanol–water partition coefficient (Wildman–Crippen LogP) is 6.21. The van der Waals surface area contributed by atoms with E-state index in [1.54, 1.807) is 57.0 Å². The van der Waals surface area contributed by atoms with E-state index >= 15 is 0 Å². The molecule has 3 aliphatic heterocycles. The molecule has 27 heteroatoms. The summed E-state index contributed by atoms with van der Waals surface area (Å²) in [6.45, 7) is 10.8. The molecule has 1 saturated heterocycles. The number of carbonyl (C=O) groups is 7. The average molecular weight is 1360 g/mol. The lowest BCUT2D eigenvalue weighted by atomic mass is 9.72. The molecule has 524 valence electrons. The maximum Gasteiger partial charge on any atom is 0.409 e. The number of aliphatic hydroxyl groups excluding tert-OH is 2. The van der Waals surface area contributed by atoms with E-state index in [0.29, 0.717) is 56.3 Å². The van der Waals surface area contributed by atoms with E-state index < -0.39 is 84.4 Å². The van der Waals surface area contributed by atoms with Crippen LogP contribution in [0.4, 0.5) is 16.2 Å². The van der Waals surface area contributed by atoms with E-state index in [1.807, 2.05) is 61.5 Å². The minimum atomic E-state index is -1.82. The van der Waals surface area contributed by atoms with Crippen LogP contribution in [-0.4, -0.2) is 213 Å². The lowest BCUT2D eigenvalue weighted by Crippen LogP contribution is -2.60. The Morgan fingerprint density at radius 1 is 0.854 bits per heavy atom. The number of aliphatic hydroxyl groups is 3. The third-order valence-electron chi connectivity index (χ3n) is 17.8. The number of aromatic nitrogens is 3. The summed E-state index contributed by atoms with van der Waals surface area (Å²) in [5.41, 5.74) is 3.71. The number of nitrogens with one attached hydrogen (secondary N) is 3. The second-order valence-electron chi connectivity index (χ2n) is 25.1. The summed E-state index contributed by atoms with van der Waals surface area (Å²) < 4.78 is 39.9. The fourth-order valence-electron chi connectivity index (χ4n) is 11.7. The number of amides is 6. The van der Waals surface area contributed by atoms with E-state index in [-0.39, 0.29) is 113 Å². The van der Waals surface area contributed by atoms with Crippen molar-refractivity contribution >= 4 is 64.6 Å². The van der Waals surface area contributed by atoms with Gasteiger partial charge in [-0.3, -0.25) is 29.3 Å². The topological polar surface area (TPSA) is 323 Å². The third-order valence-corrected chi connectivity index (χ3v) is 18.2. The van der Waals surface area contributed by atoms with E-state index in [4.69, 9.17) is 44.8 Å². The zero-order chi connectivity index (χ0) is 69.7. The fourth-order valence-corrected chi connectivity index (χ4v) is 12.0. The van der Waals surface area contributed by atoms with Gasteiger partial charge < -0.3 is 73.4 Å². The predicted molar refractivity (Wildman–Crippen MR) is 357 cm³/mol. The molecule has 1 fully saturated rings. The normalized spacial score (nSPS) is 21.6. The first-order valence-electron chi connectivity index (χ1n) is 32.5. The quantitative estimate of drug-likeness (QED) is 0.0285. The number of alkyl carbamates (subject to hydrolysis) is 1. The van der Waals surface area contributed by atoms with Gasteiger partial charge in [-0.1, -0.05) is 105 Å². The van der Waals surface area contributed by atoms with Crippen LogP contribution in [0.3, 0.4) is 0 Å². The van der Waals surface area contributed by atoms with Crippen molar-refractivity contribution in [1.29, 1.82) is 0 Å². The van der Waals surface area contributed by atoms with Gasteiger partial charge in [0.15, 0.2) is 0 Å². The Kier molecular flexibility index (Phi) is 28.5. The van der Waals surface area contributed by atoms with Gasteiger partial charge in [0.2, 0.25) is 29.5 Å². The molecular weight excluding hydrogens is 1260 g/mol. The number of hydrogen-bond acceptors (Lipinski definition) is 19. The molecule has 0 radical (unpaired) electrons. The van der Waals surface area contributed by atoms with E-state index in [0.717, 1.165) is 33.5 Å². The van der Waals surface area contributed by atoms with Gasteiger partial charge in [-0.15, -0.1) is 0 Å². The standard InChI is InChI=1S/C69H94ClN9O17/c1-44-16-14-18-50(90-9)40-69(89)41-55(95-67(88)72-69)45(2)65(86)68(4,5)56(39-61(85)78(8)54-38-47(36-44)37-49(43-80)62(54)70)96-66(87)46(3)77(7)59(83)23-15-22-58(82)76(6)27-29-92-31-33-94-35-34-93-32-30-91-28-25-57(81)71-26-24-60(84)79-42-48-17-10-11-19-51(48)63-64(74-75-73-63)52-20-12-13-21-53(52)79/h10-14,16-21,37-38,45-46,50,55-56,65,80,86,89H,15,22-36,39-43H2,1-9H3,(H,71,81)(H,72,88)(H,73,74,75)/b18-14+,44-16-/t45-,46+,50-,55+,56+,65+,69-/m1/s1. The maximum atomic E-state index is 14.5. The van der Waals surface area contributed by atoms with Crippen LogP contribution in [0, 0.1) is 11.3 Å². The zero-order valence-electron chi connectivity index (χ0n) is 56.4. The van der Waals surface area contributed by atoms with Gasteiger partial charge in [-0.2, -0.15) is 15.4 Å². The van der Waals surface area contributed by atoms with Crippen molar-refractivity contribution in [2.24, 2.45) is 11.3 Å². The van der Waals surface area contributed by atoms with Gasteiger partial charge in [0.25, 0.3) is 0 Å². The number of aromatic amines is 1. The number of ether oxygens (including phenoxy) is 7. The Bertz CT molecular complexity index is 3380. The lowest BCUT2D eigenvalue weighted by Gasteiger charge is -2.45. The highest BCUT2D eigenvalue weighted by Crippen LogP contribution is 2.42. The highest BCUT2D eigenvalue weighted by molar-refractivity contribution is 6.34. The summed E-state index contributed by atoms with van der Waals surface area (Å²) in [5, 5.41) is 51.4. The molecule has 4 bridgehead atoms. The van der Waals surface area contributed by atoms with E-state index in [2.05, 4.69) is 26.0 Å². The highest BCUT2D eigenvalue weighted by Gasteiger charge is 2.50. The number of fused-ring (bicyclic) bond motifs is 9.